The van der Waals surface area contributed by atoms with Crippen LogP contribution in [0.3, 0.4) is 0 Å². The fraction of sp³-hybridized carbons (Fsp3) is 0.300. The second kappa shape index (κ2) is 5.95. The summed E-state index contributed by atoms with van der Waals surface area (Å²) in [5.41, 5.74) is 3.41. The van der Waals surface area contributed by atoms with Crippen molar-refractivity contribution in [2.24, 2.45) is 0 Å². The highest BCUT2D eigenvalue weighted by Crippen LogP contribution is 2.14. The molecule has 15 heavy (non-hydrogen) atoms. The predicted molar refractivity (Wildman–Crippen MR) is 68.1 cm³/mol. The number of nitrogens with zero attached hydrogens (tertiary/aromatic N) is 1. The Bertz CT molecular complexity index is 426. The Morgan fingerprint density at radius 1 is 1.33 bits per heavy atom. The summed E-state index contributed by atoms with van der Waals surface area (Å²) in [6.45, 7) is 2.86. The average molecular weight is 248 g/mol. The number of aromatic nitrogens is 2. The van der Waals surface area contributed by atoms with E-state index in [0.29, 0.717) is 0 Å². The molecule has 84 valence electrons. The van der Waals surface area contributed by atoms with Gasteiger partial charge in [0.15, 0.2) is 0 Å². The summed E-state index contributed by atoms with van der Waals surface area (Å²) in [5.74, 6) is 0.992. The first-order valence-corrected chi connectivity index (χ1v) is 4.40. The van der Waals surface area contributed by atoms with Gasteiger partial charge < -0.3 is 10.3 Å². The number of imidazole rings is 1. The molecule has 1 aromatic heterocycles. The number of halogens is 2. The number of H-pyrrole nitrogens is 1. The van der Waals surface area contributed by atoms with Crippen molar-refractivity contribution in [2.45, 2.75) is 13.5 Å². The maximum Gasteiger partial charge on any atom is 0.121 e. The van der Waals surface area contributed by atoms with Crippen LogP contribution in [0.25, 0.3) is 11.0 Å². The van der Waals surface area contributed by atoms with Crippen molar-refractivity contribution in [2.75, 3.05) is 7.05 Å². The molecular weight excluding hydrogens is 233 g/mol. The maximum atomic E-state index is 4.48. The largest absolute Gasteiger partial charge is 0.341 e. The molecule has 0 amide bonds. The first kappa shape index (κ1) is 14.2. The fourth-order valence-electron chi connectivity index (χ4n) is 1.48. The van der Waals surface area contributed by atoms with Crippen molar-refractivity contribution in [1.29, 1.82) is 0 Å². The molecule has 0 unspecified atom stereocenters. The van der Waals surface area contributed by atoms with Crippen molar-refractivity contribution >= 4 is 35.8 Å². The summed E-state index contributed by atoms with van der Waals surface area (Å²) in [4.78, 5) is 7.75. The van der Waals surface area contributed by atoms with Crippen molar-refractivity contribution in [3.63, 3.8) is 0 Å². The molecule has 3 nitrogen and oxygen atoms in total. The van der Waals surface area contributed by atoms with E-state index >= 15 is 0 Å². The fourth-order valence-corrected chi connectivity index (χ4v) is 1.48. The van der Waals surface area contributed by atoms with E-state index in [1.807, 2.05) is 13.1 Å². The molecule has 0 spiro atoms. The van der Waals surface area contributed by atoms with Crippen LogP contribution in [0, 0.1) is 6.92 Å². The third-order valence-corrected chi connectivity index (χ3v) is 2.11. The van der Waals surface area contributed by atoms with Crippen LogP contribution in [-0.2, 0) is 6.54 Å². The number of aromatic amines is 1. The van der Waals surface area contributed by atoms with Gasteiger partial charge in [-0.1, -0.05) is 12.1 Å². The minimum Gasteiger partial charge on any atom is -0.341 e. The molecular formula is C10H15Cl2N3. The van der Waals surface area contributed by atoms with Gasteiger partial charge in [-0.05, 0) is 25.6 Å². The minimum absolute atomic E-state index is 0. The van der Waals surface area contributed by atoms with Crippen LogP contribution in [0.1, 0.15) is 11.4 Å². The molecule has 5 heteroatoms. The molecule has 0 radical (unpaired) electrons. The Kier molecular flexibility index (Phi) is 5.65. The minimum atomic E-state index is 0. The SMILES string of the molecule is CNCc1nc2c(C)cccc2[nH]1.Cl.Cl. The van der Waals surface area contributed by atoms with E-state index in [9.17, 15) is 0 Å². The molecule has 1 heterocycles. The lowest BCUT2D eigenvalue weighted by Crippen LogP contribution is -2.06. The van der Waals surface area contributed by atoms with Crippen molar-refractivity contribution in [3.8, 4) is 0 Å². The molecule has 0 atom stereocenters. The van der Waals surface area contributed by atoms with Gasteiger partial charge in [0.25, 0.3) is 0 Å². The topological polar surface area (TPSA) is 40.7 Å². The van der Waals surface area contributed by atoms with E-state index < -0.39 is 0 Å². The van der Waals surface area contributed by atoms with Crippen LogP contribution >= 0.6 is 24.8 Å². The van der Waals surface area contributed by atoms with Crippen LogP contribution in [0.2, 0.25) is 0 Å². The highest BCUT2D eigenvalue weighted by molar-refractivity contribution is 5.85. The van der Waals surface area contributed by atoms with Gasteiger partial charge in [-0.2, -0.15) is 0 Å². The zero-order valence-electron chi connectivity index (χ0n) is 8.70. The number of para-hydroxylation sites is 1. The number of hydrogen-bond donors (Lipinski definition) is 2. The zero-order valence-corrected chi connectivity index (χ0v) is 10.3. The maximum absolute atomic E-state index is 4.48. The van der Waals surface area contributed by atoms with Crippen LogP contribution in [-0.4, -0.2) is 17.0 Å². The van der Waals surface area contributed by atoms with Gasteiger partial charge >= 0.3 is 0 Å². The van der Waals surface area contributed by atoms with E-state index in [4.69, 9.17) is 0 Å². The lowest BCUT2D eigenvalue weighted by Gasteiger charge is -1.90. The van der Waals surface area contributed by atoms with E-state index in [1.54, 1.807) is 0 Å². The summed E-state index contributed by atoms with van der Waals surface area (Å²) in [5, 5.41) is 3.07. The molecule has 0 aliphatic carbocycles. The van der Waals surface area contributed by atoms with Crippen LogP contribution < -0.4 is 5.32 Å². The van der Waals surface area contributed by atoms with Crippen LogP contribution in [0.5, 0.6) is 0 Å². The number of fused-ring (bicyclic) bond motifs is 1. The lowest BCUT2D eigenvalue weighted by atomic mass is 10.2. The van der Waals surface area contributed by atoms with E-state index in [2.05, 4.69) is 34.3 Å². The summed E-state index contributed by atoms with van der Waals surface area (Å²) in [7, 11) is 1.92. The smallest absolute Gasteiger partial charge is 0.121 e. The average Bonchev–Trinajstić information content (AvgIpc) is 2.49. The predicted octanol–water partition coefficient (Wildman–Crippen LogP) is 2.43. The first-order chi connectivity index (χ1) is 6.31. The molecule has 2 rings (SSSR count). The monoisotopic (exact) mass is 247 g/mol. The Hall–Kier alpha value is -0.770. The molecule has 0 aliphatic rings. The highest BCUT2D eigenvalue weighted by Gasteiger charge is 2.02. The standard InChI is InChI=1S/C10H13N3.2ClH/c1-7-4-3-5-8-10(7)13-9(12-8)6-11-2;;/h3-5,11H,6H2,1-2H3,(H,12,13);2*1H. The molecule has 0 saturated carbocycles. The van der Waals surface area contributed by atoms with Crippen molar-refractivity contribution in [3.05, 3.63) is 29.6 Å². The Labute approximate surface area is 101 Å². The van der Waals surface area contributed by atoms with Gasteiger partial charge in [0.1, 0.15) is 5.82 Å². The second-order valence-electron chi connectivity index (χ2n) is 3.18. The lowest BCUT2D eigenvalue weighted by molar-refractivity contribution is 0.775. The first-order valence-electron chi connectivity index (χ1n) is 4.40. The Morgan fingerprint density at radius 3 is 2.67 bits per heavy atom. The van der Waals surface area contributed by atoms with Gasteiger partial charge in [-0.3, -0.25) is 0 Å². The third kappa shape index (κ3) is 2.84. The third-order valence-electron chi connectivity index (χ3n) is 2.11. The molecule has 2 aromatic rings. The number of rotatable bonds is 2. The molecule has 0 saturated heterocycles. The Morgan fingerprint density at radius 2 is 2.07 bits per heavy atom. The molecule has 2 N–H and O–H groups in total. The molecule has 0 aliphatic heterocycles. The van der Waals surface area contributed by atoms with E-state index in [1.165, 1.54) is 5.56 Å². The van der Waals surface area contributed by atoms with Gasteiger partial charge in [0.05, 0.1) is 17.6 Å². The molecule has 1 aromatic carbocycles. The van der Waals surface area contributed by atoms with Gasteiger partial charge in [0.2, 0.25) is 0 Å². The quantitative estimate of drug-likeness (QED) is 0.856. The molecule has 0 fully saturated rings. The van der Waals surface area contributed by atoms with E-state index in [0.717, 1.165) is 23.4 Å². The van der Waals surface area contributed by atoms with Gasteiger partial charge in [-0.15, -0.1) is 24.8 Å². The summed E-state index contributed by atoms with van der Waals surface area (Å²) >= 11 is 0. The summed E-state index contributed by atoms with van der Waals surface area (Å²) in [6.07, 6.45) is 0. The normalized spacial score (nSPS) is 9.47. The van der Waals surface area contributed by atoms with E-state index in [-0.39, 0.29) is 24.8 Å². The number of aryl methyl sites for hydroxylation is 1. The summed E-state index contributed by atoms with van der Waals surface area (Å²) in [6, 6.07) is 6.17. The summed E-state index contributed by atoms with van der Waals surface area (Å²) < 4.78 is 0. The molecule has 0 bridgehead atoms. The van der Waals surface area contributed by atoms with Crippen LogP contribution in [0.4, 0.5) is 0 Å². The number of nitrogens with one attached hydrogen (secondary N) is 2. The Balaban J connectivity index is 0.000000980. The van der Waals surface area contributed by atoms with Crippen LogP contribution in [0.15, 0.2) is 18.2 Å². The number of hydrogen-bond acceptors (Lipinski definition) is 2. The highest BCUT2D eigenvalue weighted by atomic mass is 35.5. The second-order valence-corrected chi connectivity index (χ2v) is 3.18. The van der Waals surface area contributed by atoms with Crippen molar-refractivity contribution < 1.29 is 0 Å². The zero-order chi connectivity index (χ0) is 9.26. The van der Waals surface area contributed by atoms with Gasteiger partial charge in [0, 0.05) is 0 Å². The number of benzene rings is 1. The van der Waals surface area contributed by atoms with Gasteiger partial charge in [-0.25, -0.2) is 4.98 Å². The van der Waals surface area contributed by atoms with Crippen molar-refractivity contribution in [1.82, 2.24) is 15.3 Å².